The summed E-state index contributed by atoms with van der Waals surface area (Å²) in [4.78, 5) is 17.4. The summed E-state index contributed by atoms with van der Waals surface area (Å²) in [6, 6.07) is 12.1. The van der Waals surface area contributed by atoms with Crippen LogP contribution in [0.5, 0.6) is 5.75 Å². The Hall–Kier alpha value is -2.44. The van der Waals surface area contributed by atoms with Gasteiger partial charge in [-0.25, -0.2) is 4.79 Å². The van der Waals surface area contributed by atoms with E-state index in [2.05, 4.69) is 35.2 Å². The van der Waals surface area contributed by atoms with Gasteiger partial charge in [0.05, 0.1) is 12.7 Å². The van der Waals surface area contributed by atoms with Crippen LogP contribution >= 0.6 is 11.8 Å². The molecule has 33 heavy (non-hydrogen) atoms. The molecule has 1 saturated carbocycles. The van der Waals surface area contributed by atoms with E-state index in [1.165, 1.54) is 46.9 Å². The van der Waals surface area contributed by atoms with E-state index in [4.69, 9.17) is 4.74 Å². The fraction of sp³-hybridized carbons (Fsp3) is 0.444. The summed E-state index contributed by atoms with van der Waals surface area (Å²) >= 11 is 1.99. The van der Waals surface area contributed by atoms with Crippen molar-refractivity contribution in [3.8, 4) is 5.75 Å². The smallest absolute Gasteiger partial charge is 0.335 e. The number of aryl methyl sites for hydroxylation is 1. The van der Waals surface area contributed by atoms with Crippen LogP contribution in [0, 0.1) is 12.3 Å². The molecule has 2 fully saturated rings. The number of nitrogens with zero attached hydrogens (tertiary/aromatic N) is 1. The third-order valence-corrected chi connectivity index (χ3v) is 8.89. The van der Waals surface area contributed by atoms with E-state index >= 15 is 0 Å². The first-order valence-electron chi connectivity index (χ1n) is 11.7. The van der Waals surface area contributed by atoms with Gasteiger partial charge in [-0.1, -0.05) is 12.1 Å². The number of likely N-dealkylation sites (tertiary alicyclic amines) is 1. The fourth-order valence-electron chi connectivity index (χ4n) is 5.97. The van der Waals surface area contributed by atoms with Gasteiger partial charge in [-0.15, -0.1) is 0 Å². The number of methoxy groups -OCH3 is 1. The van der Waals surface area contributed by atoms with Crippen molar-refractivity contribution in [1.29, 1.82) is 0 Å². The Morgan fingerprint density at radius 3 is 2.67 bits per heavy atom. The van der Waals surface area contributed by atoms with Gasteiger partial charge in [-0.05, 0) is 86.2 Å². The average molecular weight is 465 g/mol. The molecule has 0 radical (unpaired) electrons. The summed E-state index contributed by atoms with van der Waals surface area (Å²) in [5, 5.41) is 11.4. The lowest BCUT2D eigenvalue weighted by molar-refractivity contribution is -0.00567. The highest BCUT2D eigenvalue weighted by Gasteiger charge is 2.48. The number of aromatic nitrogens is 1. The number of aromatic amines is 1. The fourth-order valence-corrected chi connectivity index (χ4v) is 7.01. The molecule has 1 aliphatic carbocycles. The topological polar surface area (TPSA) is 65.6 Å². The van der Waals surface area contributed by atoms with Gasteiger partial charge in [-0.3, -0.25) is 4.90 Å². The van der Waals surface area contributed by atoms with Crippen LogP contribution in [-0.4, -0.2) is 46.1 Å². The maximum atomic E-state index is 11.4. The van der Waals surface area contributed by atoms with Gasteiger partial charge >= 0.3 is 5.97 Å². The Morgan fingerprint density at radius 1 is 1.24 bits per heavy atom. The van der Waals surface area contributed by atoms with Crippen molar-refractivity contribution in [3.63, 3.8) is 0 Å². The first-order chi connectivity index (χ1) is 15.9. The SMILES string of the molecule is COc1cc(C)c2[nH]ccc2c1CN1CCC2(CC(SC)C2)C[C@H]1c1ccc(C(=O)O)cc1. The standard InChI is InChI=1S/C27H32N2O3S/c1-17-12-24(32-2)22(21-8-10-28-25(17)21)16-29-11-9-27(13-20(14-27)33-3)15-23(29)18-4-6-19(7-5-18)26(30)31/h4-8,10,12,20,23,28H,9,11,13-16H2,1-3H3,(H,30,31)/t20?,23-,27?/m0/s1. The molecule has 174 valence electrons. The van der Waals surface area contributed by atoms with Crippen LogP contribution < -0.4 is 4.74 Å². The normalized spacial score (nSPS) is 25.3. The number of rotatable bonds is 6. The maximum absolute atomic E-state index is 11.4. The van der Waals surface area contributed by atoms with Gasteiger partial charge in [0, 0.05) is 40.5 Å². The number of aromatic carboxylic acids is 1. The molecule has 2 aromatic carbocycles. The van der Waals surface area contributed by atoms with Crippen molar-refractivity contribution in [2.24, 2.45) is 5.41 Å². The van der Waals surface area contributed by atoms with E-state index in [-0.39, 0.29) is 6.04 Å². The Morgan fingerprint density at radius 2 is 2.00 bits per heavy atom. The molecule has 0 amide bonds. The van der Waals surface area contributed by atoms with Crippen molar-refractivity contribution < 1.29 is 14.6 Å². The lowest BCUT2D eigenvalue weighted by atomic mass is 9.60. The molecule has 1 aliphatic heterocycles. The first kappa shape index (κ1) is 22.4. The largest absolute Gasteiger partial charge is 0.496 e. The summed E-state index contributed by atoms with van der Waals surface area (Å²) in [7, 11) is 1.75. The molecule has 1 atom stereocenters. The van der Waals surface area contributed by atoms with Crippen molar-refractivity contribution in [1.82, 2.24) is 9.88 Å². The molecule has 2 N–H and O–H groups in total. The number of carboxylic acid groups (broad SMARTS) is 1. The molecule has 5 rings (SSSR count). The van der Waals surface area contributed by atoms with Crippen molar-refractivity contribution in [3.05, 3.63) is 64.8 Å². The lowest BCUT2D eigenvalue weighted by Gasteiger charge is -2.55. The van der Waals surface area contributed by atoms with Crippen LogP contribution in [0.3, 0.4) is 0 Å². The van der Waals surface area contributed by atoms with E-state index < -0.39 is 5.97 Å². The van der Waals surface area contributed by atoms with Crippen LogP contribution in [-0.2, 0) is 6.54 Å². The quantitative estimate of drug-likeness (QED) is 0.466. The van der Waals surface area contributed by atoms with Gasteiger partial charge in [-0.2, -0.15) is 11.8 Å². The average Bonchev–Trinajstić information content (AvgIpc) is 3.30. The number of carboxylic acids is 1. The predicted octanol–water partition coefficient (Wildman–Crippen LogP) is 6.03. The number of piperidine rings is 1. The summed E-state index contributed by atoms with van der Waals surface area (Å²) in [5.41, 5.74) is 5.55. The van der Waals surface area contributed by atoms with Gasteiger partial charge in [0.15, 0.2) is 0 Å². The Bertz CT molecular complexity index is 1160. The first-order valence-corrected chi connectivity index (χ1v) is 13.0. The third-order valence-electron chi connectivity index (χ3n) is 7.89. The van der Waals surface area contributed by atoms with Gasteiger partial charge < -0.3 is 14.8 Å². The third kappa shape index (κ3) is 4.04. The van der Waals surface area contributed by atoms with Crippen LogP contribution in [0.2, 0.25) is 0 Å². The number of fused-ring (bicyclic) bond motifs is 1. The summed E-state index contributed by atoms with van der Waals surface area (Å²) in [6.45, 7) is 3.96. The van der Waals surface area contributed by atoms with Crippen LogP contribution in [0.15, 0.2) is 42.6 Å². The van der Waals surface area contributed by atoms with Crippen molar-refractivity contribution in [2.45, 2.75) is 50.4 Å². The molecule has 2 heterocycles. The lowest BCUT2D eigenvalue weighted by Crippen LogP contribution is -2.49. The number of H-pyrrole nitrogens is 1. The molecule has 6 heteroatoms. The Balaban J connectivity index is 1.49. The Labute approximate surface area is 199 Å². The minimum Gasteiger partial charge on any atom is -0.496 e. The van der Waals surface area contributed by atoms with E-state index in [0.717, 1.165) is 30.5 Å². The number of benzene rings is 2. The highest BCUT2D eigenvalue weighted by molar-refractivity contribution is 7.99. The number of thioether (sulfide) groups is 1. The van der Waals surface area contributed by atoms with Crippen molar-refractivity contribution in [2.75, 3.05) is 19.9 Å². The van der Waals surface area contributed by atoms with Crippen LogP contribution in [0.4, 0.5) is 0 Å². The molecule has 0 unspecified atom stereocenters. The summed E-state index contributed by atoms with van der Waals surface area (Å²) in [5.74, 6) is 0.0607. The molecular formula is C27H32N2O3S. The maximum Gasteiger partial charge on any atom is 0.335 e. The second-order valence-electron chi connectivity index (χ2n) is 9.77. The minimum absolute atomic E-state index is 0.268. The van der Waals surface area contributed by atoms with Gasteiger partial charge in [0.2, 0.25) is 0 Å². The molecule has 0 bridgehead atoms. The predicted molar refractivity (Wildman–Crippen MR) is 134 cm³/mol. The zero-order chi connectivity index (χ0) is 23.2. The minimum atomic E-state index is -0.875. The second-order valence-corrected chi connectivity index (χ2v) is 10.9. The van der Waals surface area contributed by atoms with E-state index in [1.54, 1.807) is 19.2 Å². The molecule has 3 aromatic rings. The molecule has 2 aliphatic rings. The highest BCUT2D eigenvalue weighted by Crippen LogP contribution is 2.57. The van der Waals surface area contributed by atoms with Crippen molar-refractivity contribution >= 4 is 28.6 Å². The van der Waals surface area contributed by atoms with Crippen LogP contribution in [0.25, 0.3) is 10.9 Å². The molecule has 1 saturated heterocycles. The molecule has 5 nitrogen and oxygen atoms in total. The highest BCUT2D eigenvalue weighted by atomic mass is 32.2. The number of ether oxygens (including phenoxy) is 1. The number of nitrogens with one attached hydrogen (secondary N) is 1. The zero-order valence-electron chi connectivity index (χ0n) is 19.6. The number of hydrogen-bond acceptors (Lipinski definition) is 4. The molecule has 1 spiro atoms. The van der Waals surface area contributed by atoms with E-state index in [0.29, 0.717) is 11.0 Å². The summed E-state index contributed by atoms with van der Waals surface area (Å²) < 4.78 is 5.82. The molecular weight excluding hydrogens is 432 g/mol. The zero-order valence-corrected chi connectivity index (χ0v) is 20.4. The van der Waals surface area contributed by atoms with Crippen LogP contribution in [0.1, 0.15) is 58.8 Å². The van der Waals surface area contributed by atoms with E-state index in [9.17, 15) is 9.90 Å². The van der Waals surface area contributed by atoms with Gasteiger partial charge in [0.25, 0.3) is 0 Å². The number of carbonyl (C=O) groups is 1. The Kier molecular flexibility index (Phi) is 5.91. The number of hydrogen-bond donors (Lipinski definition) is 2. The second kappa shape index (κ2) is 8.73. The monoisotopic (exact) mass is 464 g/mol. The summed E-state index contributed by atoms with van der Waals surface area (Å²) in [6.07, 6.45) is 9.16. The van der Waals surface area contributed by atoms with E-state index in [1.807, 2.05) is 30.1 Å². The molecule has 1 aromatic heterocycles. The van der Waals surface area contributed by atoms with Gasteiger partial charge in [0.1, 0.15) is 5.75 Å².